The number of halogens is 1. The molecular weight excluding hydrogens is 282 g/mol. The maximum atomic E-state index is 12.1. The van der Waals surface area contributed by atoms with Crippen molar-refractivity contribution < 1.29 is 19.6 Å². The van der Waals surface area contributed by atoms with E-state index >= 15 is 0 Å². The van der Waals surface area contributed by atoms with E-state index in [1.807, 2.05) is 0 Å². The predicted octanol–water partition coefficient (Wildman–Crippen LogP) is 1.15. The van der Waals surface area contributed by atoms with Gasteiger partial charge in [0, 0.05) is 11.7 Å². The van der Waals surface area contributed by atoms with Gasteiger partial charge in [-0.05, 0) is 32.9 Å². The van der Waals surface area contributed by atoms with Crippen LogP contribution in [0.2, 0.25) is 5.15 Å². The average Bonchev–Trinajstić information content (AvgIpc) is 2.65. The van der Waals surface area contributed by atoms with Crippen LogP contribution in [0.1, 0.15) is 20.8 Å². The molecule has 0 atom stereocenters. The van der Waals surface area contributed by atoms with Crippen LogP contribution in [0.4, 0.5) is 4.79 Å². The summed E-state index contributed by atoms with van der Waals surface area (Å²) in [7, 11) is -1.76. The fourth-order valence-electron chi connectivity index (χ4n) is 1.76. The third-order valence-electron chi connectivity index (χ3n) is 2.51. The highest BCUT2D eigenvalue weighted by molar-refractivity contribution is 6.62. The second-order valence-electron chi connectivity index (χ2n) is 5.31. The lowest BCUT2D eigenvalue weighted by atomic mass is 9.82. The molecule has 2 aromatic rings. The van der Waals surface area contributed by atoms with Crippen LogP contribution in [-0.2, 0) is 4.74 Å². The number of carbonyl (C=O) groups is 1. The molecule has 2 N–H and O–H groups in total. The Kier molecular flexibility index (Phi) is 3.77. The molecule has 0 saturated carbocycles. The Morgan fingerprint density at radius 3 is 2.60 bits per heavy atom. The highest BCUT2D eigenvalue weighted by atomic mass is 35.5. The largest absolute Gasteiger partial charge is 0.492 e. The molecule has 0 aliphatic heterocycles. The quantitative estimate of drug-likeness (QED) is 0.609. The fraction of sp³-hybridized carbons (Fsp3) is 0.333. The van der Waals surface area contributed by atoms with E-state index in [4.69, 9.17) is 16.3 Å². The first-order valence-electron chi connectivity index (χ1n) is 5.96. The second kappa shape index (κ2) is 5.08. The van der Waals surface area contributed by atoms with E-state index in [0.717, 1.165) is 0 Å². The van der Waals surface area contributed by atoms with E-state index in [-0.39, 0.29) is 16.1 Å². The molecule has 0 aliphatic rings. The van der Waals surface area contributed by atoms with Crippen molar-refractivity contribution in [3.8, 4) is 0 Å². The van der Waals surface area contributed by atoms with Gasteiger partial charge in [-0.25, -0.2) is 9.78 Å². The molecule has 0 radical (unpaired) electrons. The van der Waals surface area contributed by atoms with Crippen LogP contribution < -0.4 is 5.46 Å². The summed E-state index contributed by atoms with van der Waals surface area (Å²) in [5, 5.41) is 18.9. The zero-order valence-corrected chi connectivity index (χ0v) is 12.0. The van der Waals surface area contributed by atoms with Crippen LogP contribution in [0.15, 0.2) is 18.3 Å². The molecule has 8 heteroatoms. The smallest absolute Gasteiger partial charge is 0.443 e. The molecule has 0 fully saturated rings. The SMILES string of the molecule is CC(C)(C)OC(=O)n1cc(B(O)O)c2nc(Cl)ccc21. The minimum atomic E-state index is -1.76. The number of pyridine rings is 1. The highest BCUT2D eigenvalue weighted by Gasteiger charge is 2.25. The molecule has 2 aromatic heterocycles. The van der Waals surface area contributed by atoms with Crippen molar-refractivity contribution in [2.45, 2.75) is 26.4 Å². The first kappa shape index (κ1) is 14.8. The Morgan fingerprint density at radius 1 is 1.40 bits per heavy atom. The number of hydrogen-bond acceptors (Lipinski definition) is 5. The number of carbonyl (C=O) groups excluding carboxylic acids is 1. The average molecular weight is 297 g/mol. The van der Waals surface area contributed by atoms with Gasteiger partial charge in [0.15, 0.2) is 0 Å². The number of nitrogens with zero attached hydrogens (tertiary/aromatic N) is 2. The molecule has 2 heterocycles. The predicted molar refractivity (Wildman–Crippen MR) is 76.2 cm³/mol. The van der Waals surface area contributed by atoms with Gasteiger partial charge in [-0.1, -0.05) is 11.6 Å². The number of ether oxygens (including phenoxy) is 1. The van der Waals surface area contributed by atoms with Gasteiger partial charge < -0.3 is 14.8 Å². The molecule has 0 aliphatic carbocycles. The van der Waals surface area contributed by atoms with Crippen LogP contribution in [0.5, 0.6) is 0 Å². The number of fused-ring (bicyclic) bond motifs is 1. The maximum Gasteiger partial charge on any atom is 0.492 e. The van der Waals surface area contributed by atoms with Gasteiger partial charge in [0.2, 0.25) is 0 Å². The molecule has 0 spiro atoms. The zero-order chi connectivity index (χ0) is 15.1. The maximum absolute atomic E-state index is 12.1. The summed E-state index contributed by atoms with van der Waals surface area (Å²) < 4.78 is 6.43. The van der Waals surface area contributed by atoms with Gasteiger partial charge >= 0.3 is 13.2 Å². The van der Waals surface area contributed by atoms with E-state index < -0.39 is 18.8 Å². The molecular formula is C12H14BClN2O4. The Balaban J connectivity index is 2.57. The Labute approximate surface area is 121 Å². The van der Waals surface area contributed by atoms with Gasteiger partial charge in [0.25, 0.3) is 0 Å². The van der Waals surface area contributed by atoms with Crippen LogP contribution in [0, 0.1) is 0 Å². The standard InChI is InChI=1S/C12H14BClN2O4/c1-12(2,3)20-11(17)16-6-7(13(18)19)10-8(16)4-5-9(14)15-10/h4-6,18-19H,1-3H3. The zero-order valence-electron chi connectivity index (χ0n) is 11.3. The van der Waals surface area contributed by atoms with Crippen molar-refractivity contribution in [2.24, 2.45) is 0 Å². The Hall–Kier alpha value is -1.57. The van der Waals surface area contributed by atoms with Gasteiger partial charge in [-0.3, -0.25) is 4.57 Å². The molecule has 0 amide bonds. The lowest BCUT2D eigenvalue weighted by molar-refractivity contribution is 0.0544. The molecule has 6 nitrogen and oxygen atoms in total. The summed E-state index contributed by atoms with van der Waals surface area (Å²) in [5.74, 6) is 0. The van der Waals surface area contributed by atoms with Gasteiger partial charge in [0.05, 0.1) is 11.0 Å². The topological polar surface area (TPSA) is 84.6 Å². The molecule has 0 saturated heterocycles. The third-order valence-corrected chi connectivity index (χ3v) is 2.72. The van der Waals surface area contributed by atoms with Crippen molar-refractivity contribution in [1.82, 2.24) is 9.55 Å². The van der Waals surface area contributed by atoms with Crippen molar-refractivity contribution in [1.29, 1.82) is 0 Å². The minimum Gasteiger partial charge on any atom is -0.443 e. The van der Waals surface area contributed by atoms with E-state index in [2.05, 4.69) is 4.98 Å². The Morgan fingerprint density at radius 2 is 2.05 bits per heavy atom. The third kappa shape index (κ3) is 2.95. The molecule has 20 heavy (non-hydrogen) atoms. The number of hydrogen-bond donors (Lipinski definition) is 2. The van der Waals surface area contributed by atoms with Crippen molar-refractivity contribution in [3.05, 3.63) is 23.5 Å². The van der Waals surface area contributed by atoms with Crippen LogP contribution in [0.25, 0.3) is 11.0 Å². The summed E-state index contributed by atoms with van der Waals surface area (Å²) in [4.78, 5) is 16.1. The highest BCUT2D eigenvalue weighted by Crippen LogP contribution is 2.18. The van der Waals surface area contributed by atoms with E-state index in [1.54, 1.807) is 26.8 Å². The summed E-state index contributed by atoms with van der Waals surface area (Å²) in [5.41, 5.74) is 0.0735. The first-order valence-corrected chi connectivity index (χ1v) is 6.34. The van der Waals surface area contributed by atoms with Crippen molar-refractivity contribution in [2.75, 3.05) is 0 Å². The summed E-state index contributed by atoms with van der Waals surface area (Å²) in [6.45, 7) is 5.23. The van der Waals surface area contributed by atoms with Crippen LogP contribution in [0.3, 0.4) is 0 Å². The summed E-state index contributed by atoms with van der Waals surface area (Å²) in [6, 6.07) is 3.08. The Bertz CT molecular complexity index is 663. The molecule has 0 bridgehead atoms. The lowest BCUT2D eigenvalue weighted by Crippen LogP contribution is -2.30. The van der Waals surface area contributed by atoms with Crippen molar-refractivity contribution >= 4 is 41.3 Å². The molecule has 0 aromatic carbocycles. The van der Waals surface area contributed by atoms with Crippen LogP contribution in [-0.4, -0.2) is 38.4 Å². The number of aromatic nitrogens is 2. The summed E-state index contributed by atoms with van der Waals surface area (Å²) in [6.07, 6.45) is 0.658. The van der Waals surface area contributed by atoms with Crippen molar-refractivity contribution in [3.63, 3.8) is 0 Å². The van der Waals surface area contributed by atoms with Gasteiger partial charge in [-0.2, -0.15) is 0 Å². The van der Waals surface area contributed by atoms with E-state index in [1.165, 1.54) is 16.8 Å². The van der Waals surface area contributed by atoms with E-state index in [0.29, 0.717) is 5.52 Å². The lowest BCUT2D eigenvalue weighted by Gasteiger charge is -2.19. The number of rotatable bonds is 1. The van der Waals surface area contributed by atoms with Gasteiger partial charge in [0.1, 0.15) is 10.8 Å². The fourth-order valence-corrected chi connectivity index (χ4v) is 1.90. The van der Waals surface area contributed by atoms with Gasteiger partial charge in [-0.15, -0.1) is 0 Å². The molecule has 106 valence electrons. The monoisotopic (exact) mass is 296 g/mol. The first-order chi connectivity index (χ1) is 9.19. The summed E-state index contributed by atoms with van der Waals surface area (Å²) >= 11 is 5.79. The molecule has 0 unspecified atom stereocenters. The second-order valence-corrected chi connectivity index (χ2v) is 5.70. The normalized spacial score (nSPS) is 11.7. The van der Waals surface area contributed by atoms with Crippen LogP contribution >= 0.6 is 11.6 Å². The van der Waals surface area contributed by atoms with E-state index in [9.17, 15) is 14.8 Å². The molecule has 2 rings (SSSR count). The minimum absolute atomic E-state index is 0.0911.